The highest BCUT2D eigenvalue weighted by Gasteiger charge is 2.24. The number of piperidine rings is 1. The number of anilines is 1. The van der Waals surface area contributed by atoms with Gasteiger partial charge in [0.15, 0.2) is 17.5 Å². The SMILES string of the molecule is CN=C(NCC(c1ccco1)N1CCCCC1)Nc1ccc(OC)c(OC)c1.I. The number of rotatable bonds is 7. The number of likely N-dealkylation sites (tertiary alicyclic amines) is 1. The van der Waals surface area contributed by atoms with Crippen molar-refractivity contribution in [1.82, 2.24) is 10.2 Å². The van der Waals surface area contributed by atoms with Crippen LogP contribution in [0.1, 0.15) is 31.1 Å². The monoisotopic (exact) mass is 514 g/mol. The van der Waals surface area contributed by atoms with Gasteiger partial charge in [0.25, 0.3) is 0 Å². The number of hydrogen-bond donors (Lipinski definition) is 2. The van der Waals surface area contributed by atoms with Crippen LogP contribution < -0.4 is 20.1 Å². The first-order valence-electron chi connectivity index (χ1n) is 9.72. The zero-order valence-corrected chi connectivity index (χ0v) is 19.6. The number of aliphatic imine (C=N–C) groups is 1. The Bertz CT molecular complexity index is 761. The second-order valence-corrected chi connectivity index (χ2v) is 6.78. The summed E-state index contributed by atoms with van der Waals surface area (Å²) in [4.78, 5) is 6.84. The Morgan fingerprint density at radius 2 is 1.90 bits per heavy atom. The number of hydrogen-bond acceptors (Lipinski definition) is 5. The third-order valence-corrected chi connectivity index (χ3v) is 5.04. The number of nitrogens with one attached hydrogen (secondary N) is 2. The Labute approximate surface area is 189 Å². The number of guanidine groups is 1. The minimum absolute atomic E-state index is 0. The van der Waals surface area contributed by atoms with Gasteiger partial charge in [-0.25, -0.2) is 0 Å². The molecule has 1 aromatic carbocycles. The molecular formula is C21H31IN4O3. The molecule has 0 radical (unpaired) electrons. The molecule has 0 saturated carbocycles. The average Bonchev–Trinajstić information content (AvgIpc) is 3.28. The van der Waals surface area contributed by atoms with Crippen LogP contribution in [-0.4, -0.2) is 51.8 Å². The van der Waals surface area contributed by atoms with E-state index in [1.54, 1.807) is 27.5 Å². The van der Waals surface area contributed by atoms with Crippen LogP contribution in [0.2, 0.25) is 0 Å². The Kier molecular flexibility index (Phi) is 9.59. The van der Waals surface area contributed by atoms with Gasteiger partial charge in [-0.05, 0) is 50.2 Å². The fraction of sp³-hybridized carbons (Fsp3) is 0.476. The van der Waals surface area contributed by atoms with Crippen LogP contribution in [0.5, 0.6) is 11.5 Å². The van der Waals surface area contributed by atoms with E-state index in [0.29, 0.717) is 24.0 Å². The van der Waals surface area contributed by atoms with E-state index in [9.17, 15) is 0 Å². The molecule has 1 saturated heterocycles. The molecule has 1 unspecified atom stereocenters. The molecule has 1 aliphatic rings. The highest BCUT2D eigenvalue weighted by atomic mass is 127. The maximum absolute atomic E-state index is 5.72. The Morgan fingerprint density at radius 1 is 1.14 bits per heavy atom. The molecule has 160 valence electrons. The molecule has 29 heavy (non-hydrogen) atoms. The number of methoxy groups -OCH3 is 2. The maximum atomic E-state index is 5.72. The zero-order valence-electron chi connectivity index (χ0n) is 17.3. The van der Waals surface area contributed by atoms with E-state index >= 15 is 0 Å². The predicted molar refractivity (Wildman–Crippen MR) is 127 cm³/mol. The van der Waals surface area contributed by atoms with Gasteiger partial charge in [-0.2, -0.15) is 0 Å². The van der Waals surface area contributed by atoms with Crippen molar-refractivity contribution in [3.63, 3.8) is 0 Å². The lowest BCUT2D eigenvalue weighted by molar-refractivity contribution is 0.146. The first kappa shape index (κ1) is 23.3. The summed E-state index contributed by atoms with van der Waals surface area (Å²) in [6, 6.07) is 9.87. The Morgan fingerprint density at radius 3 is 2.52 bits per heavy atom. The van der Waals surface area contributed by atoms with Crippen LogP contribution >= 0.6 is 24.0 Å². The van der Waals surface area contributed by atoms with Crippen molar-refractivity contribution in [2.24, 2.45) is 4.99 Å². The van der Waals surface area contributed by atoms with Gasteiger partial charge in [0, 0.05) is 25.3 Å². The van der Waals surface area contributed by atoms with Crippen LogP contribution in [0.25, 0.3) is 0 Å². The topological polar surface area (TPSA) is 71.3 Å². The van der Waals surface area contributed by atoms with E-state index < -0.39 is 0 Å². The van der Waals surface area contributed by atoms with Gasteiger partial charge >= 0.3 is 0 Å². The lowest BCUT2D eigenvalue weighted by atomic mass is 10.1. The summed E-state index contributed by atoms with van der Waals surface area (Å²) < 4.78 is 16.4. The van der Waals surface area contributed by atoms with Crippen LogP contribution in [0.4, 0.5) is 5.69 Å². The number of halogens is 1. The first-order valence-corrected chi connectivity index (χ1v) is 9.72. The van der Waals surface area contributed by atoms with E-state index in [2.05, 4.69) is 20.5 Å². The lowest BCUT2D eigenvalue weighted by Crippen LogP contribution is -2.42. The Hall–Kier alpha value is -1.94. The minimum atomic E-state index is 0. The minimum Gasteiger partial charge on any atom is -0.493 e. The molecule has 3 rings (SSSR count). The number of furan rings is 1. The molecule has 2 N–H and O–H groups in total. The molecule has 1 atom stereocenters. The van der Waals surface area contributed by atoms with Crippen LogP contribution in [-0.2, 0) is 0 Å². The second-order valence-electron chi connectivity index (χ2n) is 6.78. The smallest absolute Gasteiger partial charge is 0.195 e. The third kappa shape index (κ3) is 6.27. The van der Waals surface area contributed by atoms with Crippen LogP contribution in [0.3, 0.4) is 0 Å². The van der Waals surface area contributed by atoms with Crippen molar-refractivity contribution in [3.05, 3.63) is 42.4 Å². The maximum Gasteiger partial charge on any atom is 0.195 e. The summed E-state index contributed by atoms with van der Waals surface area (Å²) in [5.74, 6) is 3.04. The average molecular weight is 514 g/mol. The van der Waals surface area contributed by atoms with Gasteiger partial charge in [-0.3, -0.25) is 9.89 Å². The molecule has 1 aromatic heterocycles. The van der Waals surface area contributed by atoms with Crippen molar-refractivity contribution in [1.29, 1.82) is 0 Å². The normalized spacial score (nSPS) is 15.9. The summed E-state index contributed by atoms with van der Waals surface area (Å²) in [5, 5.41) is 6.75. The number of benzene rings is 1. The largest absolute Gasteiger partial charge is 0.493 e. The van der Waals surface area contributed by atoms with Crippen LogP contribution in [0, 0.1) is 0 Å². The predicted octanol–water partition coefficient (Wildman–Crippen LogP) is 4.13. The van der Waals surface area contributed by atoms with E-state index in [-0.39, 0.29) is 30.0 Å². The van der Waals surface area contributed by atoms with E-state index in [1.807, 2.05) is 30.3 Å². The number of nitrogens with zero attached hydrogens (tertiary/aromatic N) is 2. The van der Waals surface area contributed by atoms with Crippen molar-refractivity contribution >= 4 is 35.6 Å². The molecule has 0 bridgehead atoms. The summed E-state index contributed by atoms with van der Waals surface area (Å²) in [5.41, 5.74) is 0.873. The third-order valence-electron chi connectivity index (χ3n) is 5.04. The highest BCUT2D eigenvalue weighted by molar-refractivity contribution is 14.0. The van der Waals surface area contributed by atoms with Gasteiger partial charge in [-0.1, -0.05) is 6.42 Å². The first-order chi connectivity index (χ1) is 13.7. The van der Waals surface area contributed by atoms with Gasteiger partial charge in [-0.15, -0.1) is 24.0 Å². The number of ether oxygens (including phenoxy) is 2. The van der Waals surface area contributed by atoms with E-state index in [1.165, 1.54) is 19.3 Å². The molecule has 8 heteroatoms. The molecule has 7 nitrogen and oxygen atoms in total. The summed E-state index contributed by atoms with van der Waals surface area (Å²) >= 11 is 0. The summed E-state index contributed by atoms with van der Waals surface area (Å²) in [6.07, 6.45) is 5.51. The molecule has 0 spiro atoms. The Balaban J connectivity index is 0.00000300. The van der Waals surface area contributed by atoms with Gasteiger partial charge < -0.3 is 24.5 Å². The standard InChI is InChI=1S/C21H30N4O3.HI/c1-22-21(24-16-9-10-19(26-2)20(14-16)27-3)23-15-17(18-8-7-13-28-18)25-11-5-4-6-12-25;/h7-10,13-14,17H,4-6,11-12,15H2,1-3H3,(H2,22,23,24);1H. The molecule has 2 aromatic rings. The van der Waals surface area contributed by atoms with Gasteiger partial charge in [0.1, 0.15) is 5.76 Å². The van der Waals surface area contributed by atoms with E-state index in [0.717, 1.165) is 24.5 Å². The lowest BCUT2D eigenvalue weighted by Gasteiger charge is -2.33. The van der Waals surface area contributed by atoms with Gasteiger partial charge in [0.05, 0.1) is 26.5 Å². The van der Waals surface area contributed by atoms with Crippen molar-refractivity contribution < 1.29 is 13.9 Å². The molecule has 1 fully saturated rings. The molecular weight excluding hydrogens is 483 g/mol. The van der Waals surface area contributed by atoms with Crippen molar-refractivity contribution in [2.45, 2.75) is 25.3 Å². The van der Waals surface area contributed by atoms with E-state index in [4.69, 9.17) is 13.9 Å². The van der Waals surface area contributed by atoms with Crippen LogP contribution in [0.15, 0.2) is 46.0 Å². The highest BCUT2D eigenvalue weighted by Crippen LogP contribution is 2.30. The summed E-state index contributed by atoms with van der Waals surface area (Å²) in [6.45, 7) is 2.89. The molecule has 0 aliphatic carbocycles. The quantitative estimate of drug-likeness (QED) is 0.329. The molecule has 2 heterocycles. The fourth-order valence-corrected chi connectivity index (χ4v) is 3.54. The second kappa shape index (κ2) is 11.9. The van der Waals surface area contributed by atoms with Crippen molar-refractivity contribution in [3.8, 4) is 11.5 Å². The molecule has 0 amide bonds. The fourth-order valence-electron chi connectivity index (χ4n) is 3.54. The molecule has 1 aliphatic heterocycles. The van der Waals surface area contributed by atoms with Gasteiger partial charge in [0.2, 0.25) is 0 Å². The van der Waals surface area contributed by atoms with Crippen molar-refractivity contribution in [2.75, 3.05) is 46.2 Å². The zero-order chi connectivity index (χ0) is 19.8. The summed E-state index contributed by atoms with van der Waals surface area (Å²) in [7, 11) is 5.01.